The summed E-state index contributed by atoms with van der Waals surface area (Å²) in [5, 5.41) is 8.23. The number of piperidine rings is 1. The Bertz CT molecular complexity index is 1450. The van der Waals surface area contributed by atoms with Crippen molar-refractivity contribution in [3.8, 4) is 11.3 Å². The van der Waals surface area contributed by atoms with Gasteiger partial charge in [0.05, 0.1) is 15.7 Å². The molecule has 0 aliphatic carbocycles. The highest BCUT2D eigenvalue weighted by molar-refractivity contribution is 6.43. The largest absolute Gasteiger partial charge is 0.444 e. The lowest BCUT2D eigenvalue weighted by atomic mass is 9.89. The molecule has 1 fully saturated rings. The van der Waals surface area contributed by atoms with Gasteiger partial charge in [-0.3, -0.25) is 0 Å². The van der Waals surface area contributed by atoms with Gasteiger partial charge in [0.1, 0.15) is 22.4 Å². The lowest BCUT2D eigenvalue weighted by Crippen LogP contribution is -2.54. The van der Waals surface area contributed by atoms with Crippen LogP contribution in [0.2, 0.25) is 10.0 Å². The zero-order valence-corrected chi connectivity index (χ0v) is 25.7. The molecule has 1 saturated heterocycles. The predicted molar refractivity (Wildman–Crippen MR) is 156 cm³/mol. The van der Waals surface area contributed by atoms with E-state index >= 15 is 0 Å². The molecule has 0 saturated carbocycles. The Labute approximate surface area is 244 Å². The van der Waals surface area contributed by atoms with Crippen molar-refractivity contribution in [2.75, 3.05) is 18.0 Å². The Kier molecular flexibility index (Phi) is 7.99. The van der Waals surface area contributed by atoms with E-state index in [2.05, 4.69) is 15.3 Å². The maximum Gasteiger partial charge on any atom is 0.437 e. The van der Waals surface area contributed by atoms with E-state index in [1.54, 1.807) is 39.0 Å². The molecule has 0 atom stereocenters. The van der Waals surface area contributed by atoms with Crippen LogP contribution in [-0.4, -0.2) is 61.8 Å². The molecule has 2 aromatic heterocycles. The highest BCUT2D eigenvalue weighted by atomic mass is 35.5. The standard InChI is InChI=1S/C28H36Cl2N6O4/c1-16-22(35-14-12-28(8,13-15-35)33-24(37)39-26(2,3)4)32-23-21(31-16)20(17-10-9-11-18(29)19(17)30)34-36(23)25(38)40-27(5,6)7/h9-11H,12-15H2,1-8H3,(H,33,37). The van der Waals surface area contributed by atoms with Crippen LogP contribution in [0.4, 0.5) is 15.4 Å². The number of halogens is 2. The number of alkyl carbamates (subject to hydrolysis) is 1. The van der Waals surface area contributed by atoms with Crippen molar-refractivity contribution in [1.29, 1.82) is 0 Å². The monoisotopic (exact) mass is 590 g/mol. The van der Waals surface area contributed by atoms with E-state index in [0.717, 1.165) is 4.68 Å². The molecule has 0 spiro atoms. The third kappa shape index (κ3) is 6.61. The SMILES string of the molecule is Cc1nc2c(-c3cccc(Cl)c3Cl)nn(C(=O)OC(C)(C)C)c2nc1N1CCC(C)(NC(=O)OC(C)(C)C)CC1. The molecule has 12 heteroatoms. The van der Waals surface area contributed by atoms with E-state index in [1.165, 1.54) is 0 Å². The van der Waals surface area contributed by atoms with Crippen LogP contribution >= 0.6 is 23.2 Å². The number of carbonyl (C=O) groups excluding carboxylic acids is 2. The molecule has 1 aromatic carbocycles. The maximum atomic E-state index is 13.2. The van der Waals surface area contributed by atoms with Crippen LogP contribution < -0.4 is 10.2 Å². The average Bonchev–Trinajstić information content (AvgIpc) is 3.16. The Balaban J connectivity index is 1.70. The van der Waals surface area contributed by atoms with Gasteiger partial charge in [0, 0.05) is 24.2 Å². The van der Waals surface area contributed by atoms with Gasteiger partial charge in [-0.15, -0.1) is 4.68 Å². The van der Waals surface area contributed by atoms with Crippen molar-refractivity contribution in [3.05, 3.63) is 33.9 Å². The Hall–Kier alpha value is -3.11. The first-order valence-corrected chi connectivity index (χ1v) is 13.9. The molecule has 0 bridgehead atoms. The molecule has 0 radical (unpaired) electrons. The third-order valence-corrected chi connectivity index (χ3v) is 7.21. The molecule has 3 aromatic rings. The van der Waals surface area contributed by atoms with Crippen molar-refractivity contribution in [2.24, 2.45) is 0 Å². The molecule has 0 unspecified atom stereocenters. The van der Waals surface area contributed by atoms with E-state index < -0.39 is 28.9 Å². The van der Waals surface area contributed by atoms with Crippen molar-refractivity contribution in [1.82, 2.24) is 25.1 Å². The summed E-state index contributed by atoms with van der Waals surface area (Å²) in [5.74, 6) is 0.625. The predicted octanol–water partition coefficient (Wildman–Crippen LogP) is 6.78. The van der Waals surface area contributed by atoms with Gasteiger partial charge in [0.25, 0.3) is 0 Å². The Morgan fingerprint density at radius 1 is 1.00 bits per heavy atom. The van der Waals surface area contributed by atoms with Crippen molar-refractivity contribution in [3.63, 3.8) is 0 Å². The fourth-order valence-corrected chi connectivity index (χ4v) is 4.88. The minimum absolute atomic E-state index is 0.251. The zero-order chi connectivity index (χ0) is 29.6. The second kappa shape index (κ2) is 10.7. The lowest BCUT2D eigenvalue weighted by Gasteiger charge is -2.40. The van der Waals surface area contributed by atoms with Gasteiger partial charge in [0.15, 0.2) is 11.5 Å². The van der Waals surface area contributed by atoms with Gasteiger partial charge in [-0.2, -0.15) is 5.10 Å². The first-order valence-electron chi connectivity index (χ1n) is 13.2. The minimum atomic E-state index is -0.747. The second-order valence-corrected chi connectivity index (χ2v) is 13.1. The van der Waals surface area contributed by atoms with Gasteiger partial charge in [0.2, 0.25) is 0 Å². The van der Waals surface area contributed by atoms with E-state index in [9.17, 15) is 9.59 Å². The highest BCUT2D eigenvalue weighted by Gasteiger charge is 2.35. The number of ether oxygens (including phenoxy) is 2. The Morgan fingerprint density at radius 2 is 1.62 bits per heavy atom. The van der Waals surface area contributed by atoms with E-state index in [4.69, 9.17) is 42.6 Å². The van der Waals surface area contributed by atoms with Crippen LogP contribution in [0.5, 0.6) is 0 Å². The lowest BCUT2D eigenvalue weighted by molar-refractivity contribution is 0.0446. The summed E-state index contributed by atoms with van der Waals surface area (Å²) in [4.78, 5) is 37.4. The summed E-state index contributed by atoms with van der Waals surface area (Å²) in [5.41, 5.74) is 0.481. The summed E-state index contributed by atoms with van der Waals surface area (Å²) in [7, 11) is 0. The number of aromatic nitrogens is 4. The first-order chi connectivity index (χ1) is 18.5. The number of hydrogen-bond donors (Lipinski definition) is 1. The number of nitrogens with zero attached hydrogens (tertiary/aromatic N) is 5. The molecular formula is C28H36Cl2N6O4. The van der Waals surface area contributed by atoms with Crippen LogP contribution in [0.3, 0.4) is 0 Å². The van der Waals surface area contributed by atoms with Crippen molar-refractivity contribution < 1.29 is 19.1 Å². The molecule has 1 amide bonds. The topological polar surface area (TPSA) is 111 Å². The summed E-state index contributed by atoms with van der Waals surface area (Å²) in [6, 6.07) is 5.20. The maximum absolute atomic E-state index is 13.2. The van der Waals surface area contributed by atoms with Gasteiger partial charge < -0.3 is 19.7 Å². The number of hydrogen-bond acceptors (Lipinski definition) is 8. The highest BCUT2D eigenvalue weighted by Crippen LogP contribution is 2.37. The van der Waals surface area contributed by atoms with Crippen molar-refractivity contribution in [2.45, 2.75) is 85.0 Å². The number of benzene rings is 1. The third-order valence-electron chi connectivity index (χ3n) is 6.39. The normalized spacial score (nSPS) is 15.7. The quantitative estimate of drug-likeness (QED) is 0.355. The van der Waals surface area contributed by atoms with Gasteiger partial charge in [-0.25, -0.2) is 19.6 Å². The van der Waals surface area contributed by atoms with Crippen LogP contribution in [0.1, 0.15) is 67.0 Å². The van der Waals surface area contributed by atoms with Crippen LogP contribution in [0.15, 0.2) is 18.2 Å². The van der Waals surface area contributed by atoms with E-state index in [-0.39, 0.29) is 5.65 Å². The number of nitrogens with one attached hydrogen (secondary N) is 1. The van der Waals surface area contributed by atoms with Crippen LogP contribution in [0.25, 0.3) is 22.4 Å². The molecule has 1 aliphatic heterocycles. The average molecular weight is 592 g/mol. The molecule has 1 aliphatic rings. The van der Waals surface area contributed by atoms with Crippen LogP contribution in [0, 0.1) is 6.92 Å². The summed E-state index contributed by atoms with van der Waals surface area (Å²) in [6.45, 7) is 15.9. The molecule has 216 valence electrons. The molecule has 4 rings (SSSR count). The number of carbonyl (C=O) groups is 2. The fourth-order valence-electron chi connectivity index (χ4n) is 4.49. The van der Waals surface area contributed by atoms with Crippen LogP contribution in [-0.2, 0) is 9.47 Å². The van der Waals surface area contributed by atoms with E-state index in [1.807, 2.05) is 34.6 Å². The zero-order valence-electron chi connectivity index (χ0n) is 24.2. The fraction of sp³-hybridized carbons (Fsp3) is 0.536. The first kappa shape index (κ1) is 29.9. The molecular weight excluding hydrogens is 555 g/mol. The van der Waals surface area contributed by atoms with Crippen molar-refractivity contribution >= 4 is 52.4 Å². The number of rotatable bonds is 3. The molecule has 1 N–H and O–H groups in total. The second-order valence-electron chi connectivity index (χ2n) is 12.3. The van der Waals surface area contributed by atoms with Gasteiger partial charge in [-0.05, 0) is 74.3 Å². The Morgan fingerprint density at radius 3 is 2.23 bits per heavy atom. The number of fused-ring (bicyclic) bond motifs is 1. The summed E-state index contributed by atoms with van der Waals surface area (Å²) in [6.07, 6.45) is 0.216. The molecule has 40 heavy (non-hydrogen) atoms. The summed E-state index contributed by atoms with van der Waals surface area (Å²) < 4.78 is 12.2. The number of aryl methyl sites for hydroxylation is 1. The number of amides is 1. The smallest absolute Gasteiger partial charge is 0.437 e. The van der Waals surface area contributed by atoms with Gasteiger partial charge >= 0.3 is 12.2 Å². The van der Waals surface area contributed by atoms with E-state index in [0.29, 0.717) is 64.3 Å². The minimum Gasteiger partial charge on any atom is -0.444 e. The van der Waals surface area contributed by atoms with Gasteiger partial charge in [-0.1, -0.05) is 35.3 Å². The molecule has 10 nitrogen and oxygen atoms in total. The number of anilines is 1. The summed E-state index contributed by atoms with van der Waals surface area (Å²) >= 11 is 12.8. The molecule has 3 heterocycles.